The molecule has 2 aromatic heterocycles. The normalized spacial score (nSPS) is 10.1. The Morgan fingerprint density at radius 2 is 2.11 bits per heavy atom. The smallest absolute Gasteiger partial charge is 0.356 e. The first-order valence-electron chi connectivity index (χ1n) is 5.07. The van der Waals surface area contributed by atoms with E-state index in [0.717, 1.165) is 0 Å². The predicted molar refractivity (Wildman–Crippen MR) is 62.6 cm³/mol. The fourth-order valence-corrected chi connectivity index (χ4v) is 1.37. The maximum absolute atomic E-state index is 10.8. The van der Waals surface area contributed by atoms with Gasteiger partial charge < -0.3 is 10.4 Å². The number of carbonyl (C=O) groups excluding carboxylic acids is 1. The monoisotopic (exact) mass is 246 g/mol. The number of imidazole rings is 1. The lowest BCUT2D eigenvalue weighted by molar-refractivity contribution is -0.114. The standard InChI is InChI=1S/C11H10N4O3/c1-7(16)14-8-2-3-10(12-4-8)15-5-9(11(17)18)13-6-15/h2-6H,1H3,(H,14,16)(H,17,18). The van der Waals surface area contributed by atoms with Crippen molar-refractivity contribution in [1.82, 2.24) is 14.5 Å². The molecule has 2 rings (SSSR count). The van der Waals surface area contributed by atoms with Crippen LogP contribution in [-0.4, -0.2) is 31.5 Å². The van der Waals surface area contributed by atoms with Crippen LogP contribution in [0.25, 0.3) is 5.82 Å². The van der Waals surface area contributed by atoms with Gasteiger partial charge >= 0.3 is 5.97 Å². The van der Waals surface area contributed by atoms with Gasteiger partial charge in [0.2, 0.25) is 5.91 Å². The molecule has 2 aromatic rings. The molecule has 18 heavy (non-hydrogen) atoms. The van der Waals surface area contributed by atoms with Gasteiger partial charge in [0, 0.05) is 13.1 Å². The van der Waals surface area contributed by atoms with Gasteiger partial charge in [-0.2, -0.15) is 0 Å². The van der Waals surface area contributed by atoms with E-state index in [4.69, 9.17) is 5.11 Å². The van der Waals surface area contributed by atoms with E-state index in [1.807, 2.05) is 0 Å². The zero-order valence-electron chi connectivity index (χ0n) is 9.49. The van der Waals surface area contributed by atoms with Gasteiger partial charge in [-0.05, 0) is 12.1 Å². The molecule has 0 atom stereocenters. The molecule has 92 valence electrons. The molecular formula is C11H10N4O3. The van der Waals surface area contributed by atoms with Crippen LogP contribution >= 0.6 is 0 Å². The zero-order chi connectivity index (χ0) is 13.1. The largest absolute Gasteiger partial charge is 0.476 e. The first-order valence-corrected chi connectivity index (χ1v) is 5.07. The fraction of sp³-hybridized carbons (Fsp3) is 0.0909. The Morgan fingerprint density at radius 1 is 1.33 bits per heavy atom. The van der Waals surface area contributed by atoms with E-state index in [2.05, 4.69) is 15.3 Å². The van der Waals surface area contributed by atoms with Crippen LogP contribution in [0.1, 0.15) is 17.4 Å². The Bertz CT molecular complexity index is 589. The molecule has 0 aromatic carbocycles. The molecule has 0 aliphatic rings. The third-order valence-electron chi connectivity index (χ3n) is 2.13. The average Bonchev–Trinajstić information content (AvgIpc) is 2.78. The maximum Gasteiger partial charge on any atom is 0.356 e. The minimum Gasteiger partial charge on any atom is -0.476 e. The van der Waals surface area contributed by atoms with Crippen molar-refractivity contribution in [3.05, 3.63) is 36.5 Å². The van der Waals surface area contributed by atoms with E-state index in [-0.39, 0.29) is 11.6 Å². The van der Waals surface area contributed by atoms with Crippen molar-refractivity contribution in [3.8, 4) is 5.82 Å². The SMILES string of the molecule is CC(=O)Nc1ccc(-n2cnc(C(=O)O)c2)nc1. The molecule has 0 bridgehead atoms. The average molecular weight is 246 g/mol. The van der Waals surface area contributed by atoms with Crippen molar-refractivity contribution in [1.29, 1.82) is 0 Å². The lowest BCUT2D eigenvalue weighted by Gasteiger charge is -2.03. The lowest BCUT2D eigenvalue weighted by atomic mass is 10.4. The number of aromatic nitrogens is 3. The molecule has 2 heterocycles. The van der Waals surface area contributed by atoms with Gasteiger partial charge in [0.1, 0.15) is 12.1 Å². The van der Waals surface area contributed by atoms with E-state index in [0.29, 0.717) is 11.5 Å². The van der Waals surface area contributed by atoms with Crippen LogP contribution in [0.3, 0.4) is 0 Å². The van der Waals surface area contributed by atoms with Gasteiger partial charge in [-0.15, -0.1) is 0 Å². The molecule has 7 nitrogen and oxygen atoms in total. The Labute approximate surface area is 102 Å². The van der Waals surface area contributed by atoms with E-state index >= 15 is 0 Å². The summed E-state index contributed by atoms with van der Waals surface area (Å²) in [7, 11) is 0. The lowest BCUT2D eigenvalue weighted by Crippen LogP contribution is -2.06. The Balaban J connectivity index is 2.22. The Hall–Kier alpha value is -2.70. The third-order valence-corrected chi connectivity index (χ3v) is 2.13. The number of hydrogen-bond donors (Lipinski definition) is 2. The van der Waals surface area contributed by atoms with Gasteiger partial charge in [0.05, 0.1) is 11.9 Å². The van der Waals surface area contributed by atoms with Gasteiger partial charge in [-0.3, -0.25) is 9.36 Å². The molecule has 0 unspecified atom stereocenters. The summed E-state index contributed by atoms with van der Waals surface area (Å²) in [5, 5.41) is 11.3. The fourth-order valence-electron chi connectivity index (χ4n) is 1.37. The van der Waals surface area contributed by atoms with E-state index in [1.54, 1.807) is 12.1 Å². The van der Waals surface area contributed by atoms with Crippen LogP contribution in [0.15, 0.2) is 30.9 Å². The number of anilines is 1. The Kier molecular flexibility index (Phi) is 3.05. The minimum absolute atomic E-state index is 0.0530. The van der Waals surface area contributed by atoms with Gasteiger partial charge in [0.25, 0.3) is 0 Å². The maximum atomic E-state index is 10.8. The number of amides is 1. The molecule has 0 aliphatic carbocycles. The number of pyridine rings is 1. The highest BCUT2D eigenvalue weighted by molar-refractivity contribution is 5.88. The molecule has 0 spiro atoms. The van der Waals surface area contributed by atoms with E-state index in [9.17, 15) is 9.59 Å². The van der Waals surface area contributed by atoms with Crippen LogP contribution in [0.5, 0.6) is 0 Å². The van der Waals surface area contributed by atoms with E-state index < -0.39 is 5.97 Å². The molecular weight excluding hydrogens is 236 g/mol. The summed E-state index contributed by atoms with van der Waals surface area (Å²) in [6, 6.07) is 3.32. The zero-order valence-corrected chi connectivity index (χ0v) is 9.49. The number of aromatic carboxylic acids is 1. The van der Waals surface area contributed by atoms with Gasteiger partial charge in [0.15, 0.2) is 5.69 Å². The van der Waals surface area contributed by atoms with Crippen LogP contribution in [0.4, 0.5) is 5.69 Å². The number of nitrogens with one attached hydrogen (secondary N) is 1. The van der Waals surface area contributed by atoms with Crippen LogP contribution < -0.4 is 5.32 Å². The summed E-state index contributed by atoms with van der Waals surface area (Å²) in [5.41, 5.74) is 0.521. The summed E-state index contributed by atoms with van der Waals surface area (Å²) in [4.78, 5) is 29.3. The second kappa shape index (κ2) is 4.66. The number of rotatable bonds is 3. The van der Waals surface area contributed by atoms with Gasteiger partial charge in [-0.1, -0.05) is 0 Å². The minimum atomic E-state index is -1.09. The highest BCUT2D eigenvalue weighted by atomic mass is 16.4. The van der Waals surface area contributed by atoms with Crippen molar-refractivity contribution in [2.24, 2.45) is 0 Å². The molecule has 0 saturated heterocycles. The predicted octanol–water partition coefficient (Wildman–Crippen LogP) is 0.924. The summed E-state index contributed by atoms with van der Waals surface area (Å²) in [5.74, 6) is -0.756. The summed E-state index contributed by atoms with van der Waals surface area (Å²) in [6.45, 7) is 1.41. The summed E-state index contributed by atoms with van der Waals surface area (Å²) < 4.78 is 1.49. The highest BCUT2D eigenvalue weighted by Crippen LogP contribution is 2.10. The quantitative estimate of drug-likeness (QED) is 0.839. The van der Waals surface area contributed by atoms with Crippen LogP contribution in [0, 0.1) is 0 Å². The molecule has 0 saturated carbocycles. The summed E-state index contributed by atoms with van der Waals surface area (Å²) in [6.07, 6.45) is 4.21. The second-order valence-corrected chi connectivity index (χ2v) is 3.56. The van der Waals surface area contributed by atoms with Crippen molar-refractivity contribution >= 4 is 17.6 Å². The number of carboxylic acids is 1. The molecule has 1 amide bonds. The van der Waals surface area contributed by atoms with Crippen molar-refractivity contribution < 1.29 is 14.7 Å². The van der Waals surface area contributed by atoms with Crippen molar-refractivity contribution in [2.75, 3.05) is 5.32 Å². The molecule has 0 radical (unpaired) electrons. The van der Waals surface area contributed by atoms with Gasteiger partial charge in [-0.25, -0.2) is 14.8 Å². The second-order valence-electron chi connectivity index (χ2n) is 3.56. The molecule has 2 N–H and O–H groups in total. The first kappa shape index (κ1) is 11.8. The number of hydrogen-bond acceptors (Lipinski definition) is 4. The summed E-state index contributed by atoms with van der Waals surface area (Å²) >= 11 is 0. The molecule has 0 fully saturated rings. The molecule has 0 aliphatic heterocycles. The number of carboxylic acid groups (broad SMARTS) is 1. The topological polar surface area (TPSA) is 97.1 Å². The number of carbonyl (C=O) groups is 2. The van der Waals surface area contributed by atoms with Crippen molar-refractivity contribution in [3.63, 3.8) is 0 Å². The highest BCUT2D eigenvalue weighted by Gasteiger charge is 2.08. The first-order chi connectivity index (χ1) is 8.56. The van der Waals surface area contributed by atoms with E-state index in [1.165, 1.54) is 30.2 Å². The van der Waals surface area contributed by atoms with Crippen LogP contribution in [0.2, 0.25) is 0 Å². The molecule has 7 heteroatoms. The van der Waals surface area contributed by atoms with Crippen molar-refractivity contribution in [2.45, 2.75) is 6.92 Å². The van der Waals surface area contributed by atoms with Crippen LogP contribution in [-0.2, 0) is 4.79 Å². The third kappa shape index (κ3) is 2.51. The Morgan fingerprint density at radius 3 is 2.61 bits per heavy atom. The number of nitrogens with zero attached hydrogens (tertiary/aromatic N) is 3.